The van der Waals surface area contributed by atoms with E-state index in [-0.39, 0.29) is 13.2 Å². The third-order valence-electron chi connectivity index (χ3n) is 2.93. The SMILES string of the molecule is OCCc1ccccc1Sc1ccccc1CCO. The second-order valence-electron chi connectivity index (χ2n) is 4.26. The Labute approximate surface area is 118 Å². The second kappa shape index (κ2) is 7.34. The molecule has 0 aliphatic carbocycles. The molecule has 0 amide bonds. The van der Waals surface area contributed by atoms with Crippen LogP contribution in [0.2, 0.25) is 0 Å². The van der Waals surface area contributed by atoms with Gasteiger partial charge in [-0.3, -0.25) is 0 Å². The third-order valence-corrected chi connectivity index (χ3v) is 4.16. The molecule has 2 aromatic carbocycles. The fraction of sp³-hybridized carbons (Fsp3) is 0.250. The number of aliphatic hydroxyl groups excluding tert-OH is 2. The van der Waals surface area contributed by atoms with Gasteiger partial charge in [0.15, 0.2) is 0 Å². The van der Waals surface area contributed by atoms with Crippen LogP contribution in [-0.4, -0.2) is 23.4 Å². The van der Waals surface area contributed by atoms with Crippen LogP contribution in [0.15, 0.2) is 58.3 Å². The maximum Gasteiger partial charge on any atom is 0.0471 e. The van der Waals surface area contributed by atoms with Crippen LogP contribution in [0.1, 0.15) is 11.1 Å². The summed E-state index contributed by atoms with van der Waals surface area (Å²) < 4.78 is 0. The summed E-state index contributed by atoms with van der Waals surface area (Å²) >= 11 is 1.70. The summed E-state index contributed by atoms with van der Waals surface area (Å²) in [5, 5.41) is 18.2. The lowest BCUT2D eigenvalue weighted by molar-refractivity contribution is 0.298. The highest BCUT2D eigenvalue weighted by molar-refractivity contribution is 7.99. The van der Waals surface area contributed by atoms with Gasteiger partial charge < -0.3 is 10.2 Å². The number of rotatable bonds is 6. The Morgan fingerprint density at radius 2 is 1.11 bits per heavy atom. The number of benzene rings is 2. The van der Waals surface area contributed by atoms with Crippen molar-refractivity contribution in [3.63, 3.8) is 0 Å². The number of hydrogen-bond donors (Lipinski definition) is 2. The Morgan fingerprint density at radius 1 is 0.684 bits per heavy atom. The van der Waals surface area contributed by atoms with Crippen LogP contribution < -0.4 is 0 Å². The van der Waals surface area contributed by atoms with Crippen LogP contribution in [0.3, 0.4) is 0 Å². The molecule has 0 atom stereocenters. The van der Waals surface area contributed by atoms with Crippen molar-refractivity contribution < 1.29 is 10.2 Å². The van der Waals surface area contributed by atoms with Gasteiger partial charge in [0, 0.05) is 23.0 Å². The van der Waals surface area contributed by atoms with Crippen molar-refractivity contribution in [1.82, 2.24) is 0 Å². The van der Waals surface area contributed by atoms with Gasteiger partial charge in [0.05, 0.1) is 0 Å². The molecular weight excluding hydrogens is 256 g/mol. The van der Waals surface area contributed by atoms with Crippen molar-refractivity contribution in [1.29, 1.82) is 0 Å². The Bertz CT molecular complexity index is 478. The van der Waals surface area contributed by atoms with Crippen LogP contribution in [0, 0.1) is 0 Å². The zero-order chi connectivity index (χ0) is 13.5. The van der Waals surface area contributed by atoms with E-state index in [0.717, 1.165) is 11.1 Å². The molecule has 0 radical (unpaired) electrons. The molecule has 0 saturated heterocycles. The van der Waals surface area contributed by atoms with Gasteiger partial charge in [0.1, 0.15) is 0 Å². The van der Waals surface area contributed by atoms with E-state index < -0.39 is 0 Å². The van der Waals surface area contributed by atoms with Crippen molar-refractivity contribution in [3.05, 3.63) is 59.7 Å². The number of aliphatic hydroxyl groups is 2. The standard InChI is InChI=1S/C16H18O2S/c17-11-9-13-5-1-3-7-15(13)19-16-8-4-2-6-14(16)10-12-18/h1-8,17-18H,9-12H2. The van der Waals surface area contributed by atoms with Crippen molar-refractivity contribution in [2.75, 3.05) is 13.2 Å². The van der Waals surface area contributed by atoms with Crippen LogP contribution in [0.4, 0.5) is 0 Å². The molecule has 0 aliphatic heterocycles. The van der Waals surface area contributed by atoms with Crippen molar-refractivity contribution in [3.8, 4) is 0 Å². The highest BCUT2D eigenvalue weighted by Gasteiger charge is 2.07. The first-order valence-electron chi connectivity index (χ1n) is 6.40. The predicted octanol–water partition coefficient (Wildman–Crippen LogP) is 2.91. The molecule has 0 unspecified atom stereocenters. The maximum absolute atomic E-state index is 9.11. The topological polar surface area (TPSA) is 40.5 Å². The third kappa shape index (κ3) is 3.83. The van der Waals surface area contributed by atoms with Gasteiger partial charge in [-0.1, -0.05) is 48.2 Å². The zero-order valence-corrected chi connectivity index (χ0v) is 11.6. The monoisotopic (exact) mass is 274 g/mol. The molecule has 2 nitrogen and oxygen atoms in total. The lowest BCUT2D eigenvalue weighted by Crippen LogP contribution is -1.95. The molecular formula is C16H18O2S. The van der Waals surface area contributed by atoms with E-state index in [1.54, 1.807) is 11.8 Å². The van der Waals surface area contributed by atoms with Gasteiger partial charge in [-0.15, -0.1) is 0 Å². The summed E-state index contributed by atoms with van der Waals surface area (Å²) in [5.41, 5.74) is 2.32. The minimum absolute atomic E-state index is 0.163. The minimum Gasteiger partial charge on any atom is -0.396 e. The second-order valence-corrected chi connectivity index (χ2v) is 5.35. The first-order valence-corrected chi connectivity index (χ1v) is 7.22. The summed E-state index contributed by atoms with van der Waals surface area (Å²) in [5.74, 6) is 0. The normalized spacial score (nSPS) is 10.6. The summed E-state index contributed by atoms with van der Waals surface area (Å²) in [6, 6.07) is 16.3. The molecule has 3 heteroatoms. The van der Waals surface area contributed by atoms with Gasteiger partial charge in [-0.2, -0.15) is 0 Å². The van der Waals surface area contributed by atoms with E-state index in [0.29, 0.717) is 12.8 Å². The van der Waals surface area contributed by atoms with E-state index in [1.165, 1.54) is 9.79 Å². The fourth-order valence-electron chi connectivity index (χ4n) is 1.98. The van der Waals surface area contributed by atoms with E-state index in [9.17, 15) is 0 Å². The van der Waals surface area contributed by atoms with Gasteiger partial charge in [-0.05, 0) is 36.1 Å². The summed E-state index contributed by atoms with van der Waals surface area (Å²) in [6.45, 7) is 0.325. The molecule has 0 aromatic heterocycles. The Balaban J connectivity index is 2.25. The lowest BCUT2D eigenvalue weighted by atomic mass is 10.1. The molecule has 0 heterocycles. The molecule has 0 saturated carbocycles. The summed E-state index contributed by atoms with van der Waals surface area (Å²) in [4.78, 5) is 2.34. The molecule has 0 fully saturated rings. The number of hydrogen-bond acceptors (Lipinski definition) is 3. The Morgan fingerprint density at radius 3 is 1.53 bits per heavy atom. The largest absolute Gasteiger partial charge is 0.396 e. The highest BCUT2D eigenvalue weighted by atomic mass is 32.2. The lowest BCUT2D eigenvalue weighted by Gasteiger charge is -2.11. The Kier molecular flexibility index (Phi) is 5.45. The van der Waals surface area contributed by atoms with Crippen molar-refractivity contribution >= 4 is 11.8 Å². The van der Waals surface area contributed by atoms with Crippen molar-refractivity contribution in [2.45, 2.75) is 22.6 Å². The van der Waals surface area contributed by atoms with E-state index >= 15 is 0 Å². The molecule has 19 heavy (non-hydrogen) atoms. The van der Waals surface area contributed by atoms with Crippen LogP contribution in [-0.2, 0) is 12.8 Å². The quantitative estimate of drug-likeness (QED) is 0.851. The van der Waals surface area contributed by atoms with Crippen LogP contribution in [0.25, 0.3) is 0 Å². The molecule has 2 N–H and O–H groups in total. The molecule has 2 rings (SSSR count). The van der Waals surface area contributed by atoms with Gasteiger partial charge in [-0.25, -0.2) is 0 Å². The first-order chi connectivity index (χ1) is 9.35. The van der Waals surface area contributed by atoms with E-state index in [2.05, 4.69) is 12.1 Å². The van der Waals surface area contributed by atoms with E-state index in [4.69, 9.17) is 10.2 Å². The average molecular weight is 274 g/mol. The maximum atomic E-state index is 9.11. The zero-order valence-electron chi connectivity index (χ0n) is 10.7. The molecule has 100 valence electrons. The first kappa shape index (κ1) is 14.1. The van der Waals surface area contributed by atoms with E-state index in [1.807, 2.05) is 36.4 Å². The van der Waals surface area contributed by atoms with Crippen LogP contribution >= 0.6 is 11.8 Å². The van der Waals surface area contributed by atoms with Gasteiger partial charge in [0.2, 0.25) is 0 Å². The average Bonchev–Trinajstić information content (AvgIpc) is 2.44. The van der Waals surface area contributed by atoms with Gasteiger partial charge in [0.25, 0.3) is 0 Å². The highest BCUT2D eigenvalue weighted by Crippen LogP contribution is 2.33. The smallest absolute Gasteiger partial charge is 0.0471 e. The molecule has 0 aliphatic rings. The van der Waals surface area contributed by atoms with Gasteiger partial charge >= 0.3 is 0 Å². The summed E-state index contributed by atoms with van der Waals surface area (Å²) in [6.07, 6.45) is 1.34. The molecule has 2 aromatic rings. The minimum atomic E-state index is 0.163. The summed E-state index contributed by atoms with van der Waals surface area (Å²) in [7, 11) is 0. The van der Waals surface area contributed by atoms with Crippen LogP contribution in [0.5, 0.6) is 0 Å². The fourth-order valence-corrected chi connectivity index (χ4v) is 3.11. The molecule has 0 spiro atoms. The van der Waals surface area contributed by atoms with Crippen molar-refractivity contribution in [2.24, 2.45) is 0 Å². The predicted molar refractivity (Wildman–Crippen MR) is 78.6 cm³/mol. The molecule has 0 bridgehead atoms. The Hall–Kier alpha value is -1.29.